The molecule has 9 nitrogen and oxygen atoms in total. The standard InChI is InChI=1S/C29H32Cl3N5O4/c1-19-24(17-36-13-15-37(16-14-36)28-33-11-2-12-34-28)40-26(41-25(19)21-5-3-20(18-38)4-6-21)22-7-9-23(10-8-22)35-27(39)29(30,31)32/h2-12,19,24-26,38H,13-18H2,1H3,(H,35,39)/t19-,24+,25+,26+/m0/s1. The second-order valence-electron chi connectivity index (χ2n) is 10.2. The van der Waals surface area contributed by atoms with Crippen LogP contribution in [-0.2, 0) is 20.9 Å². The Morgan fingerprint density at radius 1 is 0.976 bits per heavy atom. The molecule has 1 aromatic heterocycles. The molecule has 2 N–H and O–H groups in total. The van der Waals surface area contributed by atoms with Crippen molar-refractivity contribution in [1.82, 2.24) is 14.9 Å². The number of piperazine rings is 1. The highest BCUT2D eigenvalue weighted by molar-refractivity contribution is 6.76. The fourth-order valence-electron chi connectivity index (χ4n) is 5.09. The number of nitrogens with one attached hydrogen (secondary N) is 1. The van der Waals surface area contributed by atoms with Crippen LogP contribution in [0.5, 0.6) is 0 Å². The smallest absolute Gasteiger partial charge is 0.276 e. The van der Waals surface area contributed by atoms with Gasteiger partial charge in [-0.25, -0.2) is 9.97 Å². The van der Waals surface area contributed by atoms with E-state index in [1.807, 2.05) is 42.5 Å². The maximum absolute atomic E-state index is 12.0. The first-order chi connectivity index (χ1) is 19.7. The third-order valence-corrected chi connectivity index (χ3v) is 7.98. The molecule has 0 radical (unpaired) electrons. The number of halogens is 3. The number of aliphatic hydroxyl groups is 1. The molecule has 2 aliphatic heterocycles. The van der Waals surface area contributed by atoms with E-state index < -0.39 is 16.0 Å². The summed E-state index contributed by atoms with van der Waals surface area (Å²) in [4.78, 5) is 25.4. The summed E-state index contributed by atoms with van der Waals surface area (Å²) in [5, 5.41) is 12.1. The minimum Gasteiger partial charge on any atom is -0.392 e. The van der Waals surface area contributed by atoms with Crippen LogP contribution in [0.4, 0.5) is 11.6 Å². The van der Waals surface area contributed by atoms with Gasteiger partial charge in [0.15, 0.2) is 6.29 Å². The van der Waals surface area contributed by atoms with Crippen LogP contribution in [0.25, 0.3) is 0 Å². The average molecular weight is 621 g/mol. The van der Waals surface area contributed by atoms with Crippen molar-refractivity contribution in [2.24, 2.45) is 5.92 Å². The highest BCUT2D eigenvalue weighted by Crippen LogP contribution is 2.42. The molecule has 2 saturated heterocycles. The van der Waals surface area contributed by atoms with E-state index in [0.717, 1.165) is 55.4 Å². The van der Waals surface area contributed by atoms with Gasteiger partial charge in [-0.1, -0.05) is 78.1 Å². The Morgan fingerprint density at radius 2 is 1.61 bits per heavy atom. The van der Waals surface area contributed by atoms with Crippen LogP contribution in [0.3, 0.4) is 0 Å². The number of aliphatic hydroxyl groups excluding tert-OH is 1. The lowest BCUT2D eigenvalue weighted by Crippen LogP contribution is -2.51. The predicted octanol–water partition coefficient (Wildman–Crippen LogP) is 4.89. The molecule has 3 heterocycles. The van der Waals surface area contributed by atoms with E-state index in [0.29, 0.717) is 5.69 Å². The second-order valence-corrected chi connectivity index (χ2v) is 12.5. The van der Waals surface area contributed by atoms with Crippen molar-refractivity contribution in [3.05, 3.63) is 83.7 Å². The van der Waals surface area contributed by atoms with Gasteiger partial charge in [-0.2, -0.15) is 0 Å². The Bertz CT molecular complexity index is 1290. The van der Waals surface area contributed by atoms with E-state index >= 15 is 0 Å². The Labute approximate surface area is 254 Å². The quantitative estimate of drug-likeness (QED) is 0.360. The van der Waals surface area contributed by atoms with Gasteiger partial charge in [-0.05, 0) is 29.3 Å². The largest absolute Gasteiger partial charge is 0.392 e. The highest BCUT2D eigenvalue weighted by Gasteiger charge is 2.39. The molecule has 2 aliphatic rings. The maximum Gasteiger partial charge on any atom is 0.276 e. The van der Waals surface area contributed by atoms with Crippen LogP contribution in [-0.4, -0.2) is 68.5 Å². The lowest BCUT2D eigenvalue weighted by Gasteiger charge is -2.44. The number of benzene rings is 2. The first-order valence-corrected chi connectivity index (χ1v) is 14.6. The number of rotatable bonds is 7. The fraction of sp³-hybridized carbons (Fsp3) is 0.414. The van der Waals surface area contributed by atoms with Gasteiger partial charge in [0.05, 0.1) is 18.8 Å². The number of amides is 1. The first-order valence-electron chi connectivity index (χ1n) is 13.4. The monoisotopic (exact) mass is 619 g/mol. The minimum atomic E-state index is -2.06. The Hall–Kier alpha value is -2.50. The molecule has 1 amide bonds. The molecule has 0 unspecified atom stereocenters. The maximum atomic E-state index is 12.0. The van der Waals surface area contributed by atoms with Crippen LogP contribution in [0.15, 0.2) is 67.0 Å². The van der Waals surface area contributed by atoms with Gasteiger partial charge >= 0.3 is 0 Å². The SMILES string of the molecule is C[C@H]1[C@@H](CN2CCN(c3ncccn3)CC2)O[C@@H](c2ccc(NC(=O)C(Cl)(Cl)Cl)cc2)O[C@H]1c1ccc(CO)cc1. The third kappa shape index (κ3) is 7.48. The number of ether oxygens (including phenoxy) is 2. The number of anilines is 2. The van der Waals surface area contributed by atoms with Gasteiger partial charge in [-0.3, -0.25) is 9.69 Å². The summed E-state index contributed by atoms with van der Waals surface area (Å²) in [7, 11) is 0. The number of carbonyl (C=O) groups is 1. The zero-order valence-corrected chi connectivity index (χ0v) is 24.8. The molecular formula is C29H32Cl3N5O4. The zero-order valence-electron chi connectivity index (χ0n) is 22.5. The van der Waals surface area contributed by atoms with E-state index in [1.54, 1.807) is 24.5 Å². The van der Waals surface area contributed by atoms with Crippen molar-refractivity contribution in [2.75, 3.05) is 42.9 Å². The van der Waals surface area contributed by atoms with Gasteiger partial charge in [0.25, 0.3) is 9.70 Å². The van der Waals surface area contributed by atoms with Crippen molar-refractivity contribution in [3.8, 4) is 0 Å². The molecule has 218 valence electrons. The summed E-state index contributed by atoms with van der Waals surface area (Å²) in [6.07, 6.45) is 2.56. The zero-order chi connectivity index (χ0) is 29.0. The summed E-state index contributed by atoms with van der Waals surface area (Å²) in [6.45, 7) is 6.27. The number of hydrogen-bond acceptors (Lipinski definition) is 8. The average Bonchev–Trinajstić information content (AvgIpc) is 2.99. The normalized spacial score (nSPS) is 23.8. The van der Waals surface area contributed by atoms with Crippen LogP contribution in [0.1, 0.15) is 36.0 Å². The van der Waals surface area contributed by atoms with E-state index in [9.17, 15) is 9.90 Å². The molecule has 0 spiro atoms. The predicted molar refractivity (Wildman–Crippen MR) is 159 cm³/mol. The molecule has 3 aromatic rings. The number of hydrogen-bond donors (Lipinski definition) is 2. The van der Waals surface area contributed by atoms with Crippen LogP contribution in [0, 0.1) is 5.92 Å². The molecule has 0 aliphatic carbocycles. The minimum absolute atomic E-state index is 0.0170. The van der Waals surface area contributed by atoms with Gasteiger partial charge in [0, 0.05) is 62.3 Å². The highest BCUT2D eigenvalue weighted by atomic mass is 35.6. The Morgan fingerprint density at radius 3 is 2.22 bits per heavy atom. The number of aromatic nitrogens is 2. The molecule has 5 rings (SSSR count). The summed E-state index contributed by atoms with van der Waals surface area (Å²) in [6, 6.07) is 16.8. The molecule has 12 heteroatoms. The van der Waals surface area contributed by atoms with Crippen molar-refractivity contribution in [2.45, 2.75) is 35.8 Å². The van der Waals surface area contributed by atoms with Gasteiger partial charge < -0.3 is 24.8 Å². The number of carbonyl (C=O) groups excluding carboxylic acids is 1. The van der Waals surface area contributed by atoms with Crippen LogP contribution in [0.2, 0.25) is 0 Å². The van der Waals surface area contributed by atoms with Crippen molar-refractivity contribution < 1.29 is 19.4 Å². The van der Waals surface area contributed by atoms with Crippen molar-refractivity contribution >= 4 is 52.3 Å². The number of alkyl halides is 3. The molecule has 0 saturated carbocycles. The number of nitrogens with zero attached hydrogens (tertiary/aromatic N) is 4. The molecular weight excluding hydrogens is 589 g/mol. The fourth-order valence-corrected chi connectivity index (χ4v) is 5.23. The van der Waals surface area contributed by atoms with Crippen molar-refractivity contribution in [3.63, 3.8) is 0 Å². The summed E-state index contributed by atoms with van der Waals surface area (Å²) >= 11 is 17.0. The van der Waals surface area contributed by atoms with E-state index in [4.69, 9.17) is 44.3 Å². The topological polar surface area (TPSA) is 100 Å². The lowest BCUT2D eigenvalue weighted by molar-refractivity contribution is -0.276. The molecule has 0 bridgehead atoms. The second kappa shape index (κ2) is 13.2. The molecule has 2 fully saturated rings. The Balaban J connectivity index is 1.31. The Kier molecular flexibility index (Phi) is 9.66. The van der Waals surface area contributed by atoms with Crippen LogP contribution < -0.4 is 10.2 Å². The summed E-state index contributed by atoms with van der Waals surface area (Å²) < 4.78 is 11.1. The molecule has 4 atom stereocenters. The molecule has 41 heavy (non-hydrogen) atoms. The van der Waals surface area contributed by atoms with E-state index in [1.165, 1.54) is 0 Å². The molecule has 2 aromatic carbocycles. The first kappa shape index (κ1) is 30.0. The van der Waals surface area contributed by atoms with Crippen LogP contribution >= 0.6 is 34.8 Å². The van der Waals surface area contributed by atoms with Gasteiger partial charge in [-0.15, -0.1) is 0 Å². The van der Waals surface area contributed by atoms with E-state index in [2.05, 4.69) is 32.0 Å². The van der Waals surface area contributed by atoms with E-state index in [-0.39, 0.29) is 24.7 Å². The van der Waals surface area contributed by atoms with Gasteiger partial charge in [0.2, 0.25) is 5.95 Å². The van der Waals surface area contributed by atoms with Crippen molar-refractivity contribution in [1.29, 1.82) is 0 Å². The third-order valence-electron chi connectivity index (χ3n) is 7.47. The lowest BCUT2D eigenvalue weighted by atomic mass is 9.90. The summed E-state index contributed by atoms with van der Waals surface area (Å²) in [5.74, 6) is 0.0759. The van der Waals surface area contributed by atoms with Gasteiger partial charge in [0.1, 0.15) is 0 Å². The summed E-state index contributed by atoms with van der Waals surface area (Å²) in [5.41, 5.74) is 3.15.